The van der Waals surface area contributed by atoms with Crippen LogP contribution in [0.15, 0.2) is 54.6 Å². The molecule has 1 heterocycles. The van der Waals surface area contributed by atoms with Crippen LogP contribution in [0.4, 0.5) is 11.6 Å². The van der Waals surface area contributed by atoms with E-state index in [0.29, 0.717) is 5.95 Å². The van der Waals surface area contributed by atoms with Crippen LogP contribution in [0.25, 0.3) is 11.0 Å². The van der Waals surface area contributed by atoms with Crippen molar-refractivity contribution >= 4 is 28.6 Å². The van der Waals surface area contributed by atoms with Gasteiger partial charge in [-0.05, 0) is 24.3 Å². The van der Waals surface area contributed by atoms with Gasteiger partial charge in [-0.1, -0.05) is 30.3 Å². The number of fused-ring (bicyclic) bond motifs is 1. The maximum absolute atomic E-state index is 11.0. The lowest BCUT2D eigenvalue weighted by Gasteiger charge is -2.08. The molecule has 0 bridgehead atoms. The number of aliphatic carboxylic acids is 1. The molecular weight excluding hydrogens is 254 g/mol. The van der Waals surface area contributed by atoms with Crippen molar-refractivity contribution in [1.82, 2.24) is 9.55 Å². The third-order valence-electron chi connectivity index (χ3n) is 2.98. The van der Waals surface area contributed by atoms with Gasteiger partial charge in [0, 0.05) is 5.69 Å². The maximum Gasteiger partial charge on any atom is 0.323 e. The highest BCUT2D eigenvalue weighted by Gasteiger charge is 2.12. The molecule has 0 fully saturated rings. The zero-order valence-electron chi connectivity index (χ0n) is 10.7. The molecule has 0 aliphatic rings. The summed E-state index contributed by atoms with van der Waals surface area (Å²) in [6.07, 6.45) is 0. The Hall–Kier alpha value is -2.82. The van der Waals surface area contributed by atoms with Crippen molar-refractivity contribution in [2.24, 2.45) is 0 Å². The maximum atomic E-state index is 11.0. The first-order valence-corrected chi connectivity index (χ1v) is 6.23. The fourth-order valence-electron chi connectivity index (χ4n) is 2.12. The minimum absolute atomic E-state index is 0.129. The fraction of sp³-hybridized carbons (Fsp3) is 0.0667. The van der Waals surface area contributed by atoms with Crippen molar-refractivity contribution in [2.45, 2.75) is 6.54 Å². The molecule has 0 unspecified atom stereocenters. The number of rotatable bonds is 4. The zero-order chi connectivity index (χ0) is 13.9. The van der Waals surface area contributed by atoms with Gasteiger partial charge < -0.3 is 10.4 Å². The molecule has 5 heteroatoms. The number of imidazole rings is 1. The smallest absolute Gasteiger partial charge is 0.323 e. The van der Waals surface area contributed by atoms with Crippen molar-refractivity contribution < 1.29 is 9.90 Å². The van der Waals surface area contributed by atoms with Crippen molar-refractivity contribution in [3.8, 4) is 0 Å². The van der Waals surface area contributed by atoms with Crippen LogP contribution in [0, 0.1) is 0 Å². The van der Waals surface area contributed by atoms with E-state index in [-0.39, 0.29) is 6.54 Å². The van der Waals surface area contributed by atoms with Crippen molar-refractivity contribution in [3.05, 3.63) is 54.6 Å². The van der Waals surface area contributed by atoms with Crippen LogP contribution < -0.4 is 5.32 Å². The van der Waals surface area contributed by atoms with Crippen molar-refractivity contribution in [3.63, 3.8) is 0 Å². The first-order chi connectivity index (χ1) is 9.74. The number of hydrogen-bond donors (Lipinski definition) is 2. The van der Waals surface area contributed by atoms with Crippen LogP contribution in [0.5, 0.6) is 0 Å². The predicted octanol–water partition coefficient (Wildman–Crippen LogP) is 2.86. The van der Waals surface area contributed by atoms with Gasteiger partial charge in [0.25, 0.3) is 0 Å². The number of carboxylic acids is 1. The molecule has 0 aliphatic carbocycles. The lowest BCUT2D eigenvalue weighted by molar-refractivity contribution is -0.137. The van der Waals surface area contributed by atoms with Crippen LogP contribution in [-0.4, -0.2) is 20.6 Å². The lowest BCUT2D eigenvalue weighted by Crippen LogP contribution is -2.11. The van der Waals surface area contributed by atoms with E-state index >= 15 is 0 Å². The molecule has 3 rings (SSSR count). The fourth-order valence-corrected chi connectivity index (χ4v) is 2.12. The Morgan fingerprint density at radius 2 is 1.80 bits per heavy atom. The molecule has 2 N–H and O–H groups in total. The zero-order valence-corrected chi connectivity index (χ0v) is 10.7. The summed E-state index contributed by atoms with van der Waals surface area (Å²) in [4.78, 5) is 15.5. The first kappa shape index (κ1) is 12.2. The molecule has 0 saturated carbocycles. The quantitative estimate of drug-likeness (QED) is 0.762. The van der Waals surface area contributed by atoms with E-state index in [1.165, 1.54) is 0 Å². The number of aromatic nitrogens is 2. The average Bonchev–Trinajstić information content (AvgIpc) is 2.78. The normalized spacial score (nSPS) is 10.6. The Morgan fingerprint density at radius 1 is 1.10 bits per heavy atom. The molecule has 20 heavy (non-hydrogen) atoms. The highest BCUT2D eigenvalue weighted by Crippen LogP contribution is 2.22. The van der Waals surface area contributed by atoms with E-state index in [0.717, 1.165) is 16.7 Å². The van der Waals surface area contributed by atoms with E-state index in [1.807, 2.05) is 54.6 Å². The molecule has 5 nitrogen and oxygen atoms in total. The Bertz CT molecular complexity index is 750. The van der Waals surface area contributed by atoms with E-state index in [4.69, 9.17) is 5.11 Å². The molecule has 100 valence electrons. The van der Waals surface area contributed by atoms with Gasteiger partial charge in [-0.3, -0.25) is 9.36 Å². The second kappa shape index (κ2) is 5.05. The Kier molecular flexibility index (Phi) is 3.09. The number of carbonyl (C=O) groups is 1. The molecule has 0 radical (unpaired) electrons. The SMILES string of the molecule is O=C(O)Cn1c(Nc2ccccc2)nc2ccccc21. The molecule has 0 amide bonds. The van der Waals surface area contributed by atoms with Crippen LogP contribution in [0.2, 0.25) is 0 Å². The standard InChI is InChI=1S/C15H13N3O2/c19-14(20)10-18-13-9-5-4-8-12(13)17-15(18)16-11-6-2-1-3-7-11/h1-9H,10H2,(H,16,17)(H,19,20). The Morgan fingerprint density at radius 3 is 2.55 bits per heavy atom. The number of benzene rings is 2. The third kappa shape index (κ3) is 2.33. The van der Waals surface area contributed by atoms with Gasteiger partial charge in [0.05, 0.1) is 11.0 Å². The number of para-hydroxylation sites is 3. The first-order valence-electron chi connectivity index (χ1n) is 6.23. The Balaban J connectivity index is 2.07. The van der Waals surface area contributed by atoms with E-state index < -0.39 is 5.97 Å². The number of hydrogen-bond acceptors (Lipinski definition) is 3. The molecule has 0 atom stereocenters. The van der Waals surface area contributed by atoms with Gasteiger partial charge in [0.1, 0.15) is 6.54 Å². The summed E-state index contributed by atoms with van der Waals surface area (Å²) in [5.74, 6) is -0.371. The second-order valence-corrected chi connectivity index (χ2v) is 4.40. The minimum atomic E-state index is -0.899. The summed E-state index contributed by atoms with van der Waals surface area (Å²) >= 11 is 0. The summed E-state index contributed by atoms with van der Waals surface area (Å²) in [7, 11) is 0. The molecule has 0 spiro atoms. The highest BCUT2D eigenvalue weighted by atomic mass is 16.4. The van der Waals surface area contributed by atoms with Gasteiger partial charge in [-0.25, -0.2) is 4.98 Å². The van der Waals surface area contributed by atoms with Gasteiger partial charge in [0.15, 0.2) is 0 Å². The average molecular weight is 267 g/mol. The largest absolute Gasteiger partial charge is 0.480 e. The van der Waals surface area contributed by atoms with Crippen molar-refractivity contribution in [1.29, 1.82) is 0 Å². The predicted molar refractivity (Wildman–Crippen MR) is 77.1 cm³/mol. The molecule has 1 aromatic heterocycles. The highest BCUT2D eigenvalue weighted by molar-refractivity contribution is 5.81. The van der Waals surface area contributed by atoms with E-state index in [9.17, 15) is 4.79 Å². The molecule has 0 saturated heterocycles. The summed E-state index contributed by atoms with van der Waals surface area (Å²) in [5.41, 5.74) is 2.44. The molecule has 0 aliphatic heterocycles. The summed E-state index contributed by atoms with van der Waals surface area (Å²) < 4.78 is 1.66. The van der Waals surface area contributed by atoms with Gasteiger partial charge in [0.2, 0.25) is 5.95 Å². The number of nitrogens with one attached hydrogen (secondary N) is 1. The summed E-state index contributed by atoms with van der Waals surface area (Å²) in [6.45, 7) is -0.129. The number of carboxylic acid groups (broad SMARTS) is 1. The molecular formula is C15H13N3O2. The summed E-state index contributed by atoms with van der Waals surface area (Å²) in [6, 6.07) is 17.0. The number of nitrogens with zero attached hydrogens (tertiary/aromatic N) is 2. The second-order valence-electron chi connectivity index (χ2n) is 4.40. The molecule has 3 aromatic rings. The van der Waals surface area contributed by atoms with Crippen LogP contribution >= 0.6 is 0 Å². The third-order valence-corrected chi connectivity index (χ3v) is 2.98. The van der Waals surface area contributed by atoms with Crippen LogP contribution in [0.1, 0.15) is 0 Å². The van der Waals surface area contributed by atoms with Gasteiger partial charge in [-0.2, -0.15) is 0 Å². The topological polar surface area (TPSA) is 67.2 Å². The van der Waals surface area contributed by atoms with Crippen LogP contribution in [0.3, 0.4) is 0 Å². The summed E-state index contributed by atoms with van der Waals surface area (Å²) in [5, 5.41) is 12.2. The van der Waals surface area contributed by atoms with E-state index in [1.54, 1.807) is 4.57 Å². The van der Waals surface area contributed by atoms with Gasteiger partial charge >= 0.3 is 5.97 Å². The number of anilines is 2. The van der Waals surface area contributed by atoms with Crippen molar-refractivity contribution in [2.75, 3.05) is 5.32 Å². The molecule has 2 aromatic carbocycles. The minimum Gasteiger partial charge on any atom is -0.480 e. The van der Waals surface area contributed by atoms with E-state index in [2.05, 4.69) is 10.3 Å². The van der Waals surface area contributed by atoms with Gasteiger partial charge in [-0.15, -0.1) is 0 Å². The lowest BCUT2D eigenvalue weighted by atomic mass is 10.3. The monoisotopic (exact) mass is 267 g/mol. The Labute approximate surface area is 115 Å². The van der Waals surface area contributed by atoms with Crippen LogP contribution in [-0.2, 0) is 11.3 Å².